The Morgan fingerprint density at radius 2 is 2.00 bits per heavy atom. The van der Waals surface area contributed by atoms with Gasteiger partial charge in [0.1, 0.15) is 0 Å². The van der Waals surface area contributed by atoms with E-state index < -0.39 is 0 Å². The van der Waals surface area contributed by atoms with Gasteiger partial charge in [-0.15, -0.1) is 6.58 Å². The fourth-order valence-electron chi connectivity index (χ4n) is 1.40. The van der Waals surface area contributed by atoms with Crippen molar-refractivity contribution >= 4 is 5.57 Å². The maximum Gasteiger partial charge on any atom is 0.0650 e. The number of rotatable bonds is 4. The Morgan fingerprint density at radius 3 is 2.50 bits per heavy atom. The first-order valence-corrected chi connectivity index (χ1v) is 4.75. The molecule has 0 saturated heterocycles. The molecular formula is C13H16O. The third-order valence-electron chi connectivity index (χ3n) is 2.32. The van der Waals surface area contributed by atoms with E-state index in [4.69, 9.17) is 0 Å². The van der Waals surface area contributed by atoms with Gasteiger partial charge in [0, 0.05) is 0 Å². The second-order valence-corrected chi connectivity index (χ2v) is 3.25. The molecule has 0 unspecified atom stereocenters. The van der Waals surface area contributed by atoms with E-state index in [0.29, 0.717) is 0 Å². The topological polar surface area (TPSA) is 20.2 Å². The van der Waals surface area contributed by atoms with Gasteiger partial charge in [-0.1, -0.05) is 36.4 Å². The lowest BCUT2D eigenvalue weighted by Crippen LogP contribution is -1.93. The predicted molar refractivity (Wildman–Crippen MR) is 60.9 cm³/mol. The van der Waals surface area contributed by atoms with E-state index in [1.54, 1.807) is 0 Å². The summed E-state index contributed by atoms with van der Waals surface area (Å²) in [5.41, 5.74) is 3.35. The van der Waals surface area contributed by atoms with Gasteiger partial charge in [-0.3, -0.25) is 0 Å². The van der Waals surface area contributed by atoms with Crippen molar-refractivity contribution in [3.05, 3.63) is 54.1 Å². The molecule has 0 spiro atoms. The Morgan fingerprint density at radius 1 is 1.36 bits per heavy atom. The van der Waals surface area contributed by atoms with Crippen molar-refractivity contribution in [2.75, 3.05) is 6.61 Å². The Balaban J connectivity index is 3.01. The summed E-state index contributed by atoms with van der Waals surface area (Å²) in [5.74, 6) is 0. The Bertz CT molecular complexity index is 322. The molecule has 0 heterocycles. The minimum absolute atomic E-state index is 0.104. The number of aliphatic hydroxyl groups excluding tert-OH is 1. The van der Waals surface area contributed by atoms with Crippen LogP contribution in [0, 0.1) is 0 Å². The maximum absolute atomic E-state index is 9.18. The molecule has 0 aliphatic heterocycles. The first kappa shape index (κ1) is 10.7. The van der Waals surface area contributed by atoms with Gasteiger partial charge in [-0.05, 0) is 30.1 Å². The van der Waals surface area contributed by atoms with Gasteiger partial charge < -0.3 is 5.11 Å². The average molecular weight is 188 g/mol. The zero-order valence-corrected chi connectivity index (χ0v) is 8.53. The highest BCUT2D eigenvalue weighted by Crippen LogP contribution is 2.19. The molecule has 74 valence electrons. The summed E-state index contributed by atoms with van der Waals surface area (Å²) in [7, 11) is 0. The van der Waals surface area contributed by atoms with Gasteiger partial charge in [-0.25, -0.2) is 0 Å². The molecule has 1 aromatic carbocycles. The maximum atomic E-state index is 9.18. The quantitative estimate of drug-likeness (QED) is 0.720. The summed E-state index contributed by atoms with van der Waals surface area (Å²) < 4.78 is 0. The van der Waals surface area contributed by atoms with Crippen molar-refractivity contribution in [1.82, 2.24) is 0 Å². The van der Waals surface area contributed by atoms with Crippen molar-refractivity contribution in [1.29, 1.82) is 0 Å². The standard InChI is InChI=1S/C13H16O/c1-3-7-13(10-14)11(2)12-8-5-4-6-9-12/h3-6,8-9,14H,1,7,10H2,2H3/b13-11-. The van der Waals surface area contributed by atoms with E-state index in [1.165, 1.54) is 5.56 Å². The fraction of sp³-hybridized carbons (Fsp3) is 0.231. The van der Waals surface area contributed by atoms with Crippen LogP contribution < -0.4 is 0 Å². The highest BCUT2D eigenvalue weighted by atomic mass is 16.3. The highest BCUT2D eigenvalue weighted by Gasteiger charge is 2.01. The molecule has 0 radical (unpaired) electrons. The van der Waals surface area contributed by atoms with Gasteiger partial charge in [-0.2, -0.15) is 0 Å². The molecule has 0 saturated carbocycles. The summed E-state index contributed by atoms with van der Waals surface area (Å²) in [6.45, 7) is 5.82. The normalized spacial score (nSPS) is 12.1. The van der Waals surface area contributed by atoms with E-state index in [-0.39, 0.29) is 6.61 Å². The summed E-state index contributed by atoms with van der Waals surface area (Å²) in [5, 5.41) is 9.18. The molecule has 0 aromatic heterocycles. The Labute approximate surface area is 85.4 Å². The number of benzene rings is 1. The van der Waals surface area contributed by atoms with Crippen LogP contribution in [0.4, 0.5) is 0 Å². The summed E-state index contributed by atoms with van der Waals surface area (Å²) >= 11 is 0. The van der Waals surface area contributed by atoms with E-state index in [0.717, 1.165) is 17.6 Å². The molecule has 1 rings (SSSR count). The fourth-order valence-corrected chi connectivity index (χ4v) is 1.40. The van der Waals surface area contributed by atoms with Crippen molar-refractivity contribution in [3.8, 4) is 0 Å². The molecule has 14 heavy (non-hydrogen) atoms. The van der Waals surface area contributed by atoms with Gasteiger partial charge in [0.15, 0.2) is 0 Å². The number of hydrogen-bond donors (Lipinski definition) is 1. The molecule has 1 heteroatoms. The summed E-state index contributed by atoms with van der Waals surface area (Å²) in [6, 6.07) is 10.1. The van der Waals surface area contributed by atoms with Crippen LogP contribution in [0.2, 0.25) is 0 Å². The first-order valence-electron chi connectivity index (χ1n) is 4.75. The lowest BCUT2D eigenvalue weighted by Gasteiger charge is -2.07. The van der Waals surface area contributed by atoms with Crippen LogP contribution in [0.25, 0.3) is 5.57 Å². The Kier molecular flexibility index (Phi) is 4.14. The van der Waals surface area contributed by atoms with E-state index in [2.05, 4.69) is 6.58 Å². The summed E-state index contributed by atoms with van der Waals surface area (Å²) in [6.07, 6.45) is 2.56. The third-order valence-corrected chi connectivity index (χ3v) is 2.32. The van der Waals surface area contributed by atoms with Crippen molar-refractivity contribution in [2.45, 2.75) is 13.3 Å². The van der Waals surface area contributed by atoms with Crippen LogP contribution in [0.15, 0.2) is 48.6 Å². The molecule has 0 bridgehead atoms. The van der Waals surface area contributed by atoms with Gasteiger partial charge >= 0.3 is 0 Å². The molecule has 0 aliphatic rings. The SMILES string of the molecule is C=CC/C(CO)=C(\C)c1ccccc1. The lowest BCUT2D eigenvalue weighted by atomic mass is 10.00. The zero-order valence-electron chi connectivity index (χ0n) is 8.53. The molecule has 1 nitrogen and oxygen atoms in total. The lowest BCUT2D eigenvalue weighted by molar-refractivity contribution is 0.329. The van der Waals surface area contributed by atoms with E-state index in [1.807, 2.05) is 43.3 Å². The van der Waals surface area contributed by atoms with Crippen LogP contribution in [-0.2, 0) is 0 Å². The third kappa shape index (κ3) is 2.57. The second kappa shape index (κ2) is 5.40. The molecule has 1 aromatic rings. The average Bonchev–Trinajstić information content (AvgIpc) is 2.26. The highest BCUT2D eigenvalue weighted by molar-refractivity contribution is 5.67. The van der Waals surface area contributed by atoms with Crippen LogP contribution in [0.1, 0.15) is 18.9 Å². The zero-order chi connectivity index (χ0) is 10.4. The monoisotopic (exact) mass is 188 g/mol. The predicted octanol–water partition coefficient (Wildman–Crippen LogP) is 3.03. The van der Waals surface area contributed by atoms with E-state index in [9.17, 15) is 5.11 Å². The molecule has 0 atom stereocenters. The minimum atomic E-state index is 0.104. The molecule has 0 fully saturated rings. The first-order chi connectivity index (χ1) is 6.79. The van der Waals surface area contributed by atoms with Crippen LogP contribution in [0.5, 0.6) is 0 Å². The number of hydrogen-bond acceptors (Lipinski definition) is 1. The Hall–Kier alpha value is -1.34. The van der Waals surface area contributed by atoms with Crippen molar-refractivity contribution in [3.63, 3.8) is 0 Å². The minimum Gasteiger partial charge on any atom is -0.392 e. The molecule has 1 N–H and O–H groups in total. The molecule has 0 amide bonds. The van der Waals surface area contributed by atoms with Crippen LogP contribution in [0.3, 0.4) is 0 Å². The van der Waals surface area contributed by atoms with Crippen LogP contribution >= 0.6 is 0 Å². The summed E-state index contributed by atoms with van der Waals surface area (Å²) in [4.78, 5) is 0. The number of allylic oxidation sites excluding steroid dienone is 2. The van der Waals surface area contributed by atoms with Gasteiger partial charge in [0.25, 0.3) is 0 Å². The second-order valence-electron chi connectivity index (χ2n) is 3.25. The van der Waals surface area contributed by atoms with Crippen molar-refractivity contribution < 1.29 is 5.11 Å². The van der Waals surface area contributed by atoms with Crippen molar-refractivity contribution in [2.24, 2.45) is 0 Å². The van der Waals surface area contributed by atoms with Crippen LogP contribution in [-0.4, -0.2) is 11.7 Å². The smallest absolute Gasteiger partial charge is 0.0650 e. The number of aliphatic hydroxyl groups is 1. The van der Waals surface area contributed by atoms with Gasteiger partial charge in [0.05, 0.1) is 6.61 Å². The largest absolute Gasteiger partial charge is 0.392 e. The molecule has 0 aliphatic carbocycles. The molecular weight excluding hydrogens is 172 g/mol. The van der Waals surface area contributed by atoms with Gasteiger partial charge in [0.2, 0.25) is 0 Å². The van der Waals surface area contributed by atoms with E-state index >= 15 is 0 Å².